The minimum atomic E-state index is -4.61. The number of rotatable bonds is 2. The summed E-state index contributed by atoms with van der Waals surface area (Å²) in [6.45, 7) is 3.45. The van der Waals surface area contributed by atoms with Crippen LogP contribution < -0.4 is 5.32 Å². The smallest absolute Gasteiger partial charge is 0.321 e. The molecule has 0 unspecified atom stereocenters. The fourth-order valence-corrected chi connectivity index (χ4v) is 2.96. The summed E-state index contributed by atoms with van der Waals surface area (Å²) in [4.78, 5) is 16.0. The first kappa shape index (κ1) is 15.5. The van der Waals surface area contributed by atoms with Crippen LogP contribution in [0.25, 0.3) is 4.96 Å². The van der Waals surface area contributed by atoms with Gasteiger partial charge < -0.3 is 5.32 Å². The van der Waals surface area contributed by atoms with Gasteiger partial charge in [-0.2, -0.15) is 18.2 Å². The lowest BCUT2D eigenvalue weighted by Crippen LogP contribution is -2.12. The highest BCUT2D eigenvalue weighted by Crippen LogP contribution is 2.30. The van der Waals surface area contributed by atoms with E-state index in [2.05, 4.69) is 15.4 Å². The molecule has 0 saturated carbocycles. The van der Waals surface area contributed by atoms with Gasteiger partial charge in [0.15, 0.2) is 0 Å². The molecule has 2 aromatic heterocycles. The molecule has 0 spiro atoms. The van der Waals surface area contributed by atoms with Crippen LogP contribution >= 0.6 is 11.3 Å². The SMILES string of the molecule is Cc1ccc(NC(=O)c2sc3nc(C(F)(F)F)nn3c2C)cc1. The van der Waals surface area contributed by atoms with E-state index in [-0.39, 0.29) is 9.84 Å². The number of hydrogen-bond acceptors (Lipinski definition) is 4. The largest absolute Gasteiger partial charge is 0.453 e. The highest BCUT2D eigenvalue weighted by atomic mass is 32.1. The Morgan fingerprint density at radius 2 is 1.87 bits per heavy atom. The standard InChI is InChI=1S/C14H11F3N4OS/c1-7-3-5-9(6-4-7)18-11(22)10-8(2)21-13(23-10)19-12(20-21)14(15,16)17/h3-6H,1-2H3,(H,18,22). The van der Waals surface area contributed by atoms with Gasteiger partial charge in [0.05, 0.1) is 5.69 Å². The zero-order valence-corrected chi connectivity index (χ0v) is 12.9. The number of hydrogen-bond donors (Lipinski definition) is 1. The second-order valence-corrected chi connectivity index (χ2v) is 5.94. The van der Waals surface area contributed by atoms with Crippen molar-refractivity contribution in [2.75, 3.05) is 5.32 Å². The van der Waals surface area contributed by atoms with Crippen LogP contribution in [0.1, 0.15) is 26.8 Å². The number of anilines is 1. The Kier molecular flexibility index (Phi) is 3.59. The number of benzene rings is 1. The van der Waals surface area contributed by atoms with Crippen molar-refractivity contribution in [3.63, 3.8) is 0 Å². The van der Waals surface area contributed by atoms with Crippen molar-refractivity contribution >= 4 is 27.9 Å². The zero-order valence-electron chi connectivity index (χ0n) is 12.1. The Morgan fingerprint density at radius 1 is 1.22 bits per heavy atom. The predicted molar refractivity (Wildman–Crippen MR) is 79.7 cm³/mol. The summed E-state index contributed by atoms with van der Waals surface area (Å²) in [6.07, 6.45) is -4.61. The molecule has 0 radical (unpaired) electrons. The fourth-order valence-electron chi connectivity index (χ4n) is 2.00. The number of aromatic nitrogens is 3. The van der Waals surface area contributed by atoms with Crippen LogP contribution in [0, 0.1) is 13.8 Å². The van der Waals surface area contributed by atoms with Crippen LogP contribution in [0.2, 0.25) is 0 Å². The highest BCUT2D eigenvalue weighted by Gasteiger charge is 2.37. The van der Waals surface area contributed by atoms with Gasteiger partial charge in [-0.15, -0.1) is 5.10 Å². The molecule has 1 aromatic carbocycles. The number of thiazole rings is 1. The molecule has 2 heterocycles. The Morgan fingerprint density at radius 3 is 2.43 bits per heavy atom. The second kappa shape index (κ2) is 5.34. The van der Waals surface area contributed by atoms with E-state index in [9.17, 15) is 18.0 Å². The third-order valence-electron chi connectivity index (χ3n) is 3.19. The van der Waals surface area contributed by atoms with Gasteiger partial charge in [-0.1, -0.05) is 29.0 Å². The van der Waals surface area contributed by atoms with E-state index in [1.54, 1.807) is 12.1 Å². The number of alkyl halides is 3. The quantitative estimate of drug-likeness (QED) is 0.774. The molecule has 9 heteroatoms. The molecule has 0 atom stereocenters. The number of fused-ring (bicyclic) bond motifs is 1. The Hall–Kier alpha value is -2.42. The summed E-state index contributed by atoms with van der Waals surface area (Å²) in [5.74, 6) is -1.62. The fraction of sp³-hybridized carbons (Fsp3) is 0.214. The van der Waals surface area contributed by atoms with Crippen molar-refractivity contribution < 1.29 is 18.0 Å². The van der Waals surface area contributed by atoms with E-state index in [0.29, 0.717) is 11.4 Å². The monoisotopic (exact) mass is 340 g/mol. The van der Waals surface area contributed by atoms with E-state index in [4.69, 9.17) is 0 Å². The maximum absolute atomic E-state index is 12.6. The lowest BCUT2D eigenvalue weighted by atomic mass is 10.2. The molecule has 5 nitrogen and oxygen atoms in total. The van der Waals surface area contributed by atoms with Crippen LogP contribution in [-0.2, 0) is 6.18 Å². The molecule has 1 amide bonds. The minimum absolute atomic E-state index is 0.0314. The van der Waals surface area contributed by atoms with Gasteiger partial charge in [0.25, 0.3) is 11.7 Å². The summed E-state index contributed by atoms with van der Waals surface area (Å²) >= 11 is 0.869. The van der Waals surface area contributed by atoms with Crippen molar-refractivity contribution in [3.05, 3.63) is 46.2 Å². The third-order valence-corrected chi connectivity index (χ3v) is 4.32. The predicted octanol–water partition coefficient (Wildman–Crippen LogP) is 3.68. The number of halogens is 3. The van der Waals surface area contributed by atoms with Gasteiger partial charge in [0, 0.05) is 5.69 Å². The first-order chi connectivity index (χ1) is 10.8. The van der Waals surface area contributed by atoms with Crippen LogP contribution in [-0.4, -0.2) is 20.5 Å². The number of nitrogens with zero attached hydrogens (tertiary/aromatic N) is 3. The third kappa shape index (κ3) is 2.91. The van der Waals surface area contributed by atoms with Gasteiger partial charge in [0.2, 0.25) is 4.96 Å². The van der Waals surface area contributed by atoms with Crippen LogP contribution in [0.15, 0.2) is 24.3 Å². The Bertz CT molecular complexity index is 880. The molecule has 0 aliphatic rings. The molecule has 0 aliphatic carbocycles. The zero-order chi connectivity index (χ0) is 16.8. The van der Waals surface area contributed by atoms with Gasteiger partial charge in [-0.3, -0.25) is 4.79 Å². The average molecular weight is 340 g/mol. The lowest BCUT2D eigenvalue weighted by Gasteiger charge is -2.04. The second-order valence-electron chi connectivity index (χ2n) is 4.96. The van der Waals surface area contributed by atoms with Crippen LogP contribution in [0.5, 0.6) is 0 Å². The number of carbonyl (C=O) groups excluding carboxylic acids is 1. The molecule has 3 rings (SSSR count). The highest BCUT2D eigenvalue weighted by molar-refractivity contribution is 7.19. The average Bonchev–Trinajstić information content (AvgIpc) is 3.01. The summed E-state index contributed by atoms with van der Waals surface area (Å²) in [7, 11) is 0. The maximum Gasteiger partial charge on any atom is 0.453 e. The minimum Gasteiger partial charge on any atom is -0.321 e. The maximum atomic E-state index is 12.6. The summed E-state index contributed by atoms with van der Waals surface area (Å²) < 4.78 is 38.8. The van der Waals surface area contributed by atoms with Gasteiger partial charge in [-0.05, 0) is 26.0 Å². The summed E-state index contributed by atoms with van der Waals surface area (Å²) in [5.41, 5.74) is 1.98. The molecule has 3 aromatic rings. The molecule has 23 heavy (non-hydrogen) atoms. The van der Waals surface area contributed by atoms with E-state index in [1.165, 1.54) is 6.92 Å². The molecule has 120 valence electrons. The number of carbonyl (C=O) groups is 1. The molecule has 1 N–H and O–H groups in total. The molecule has 0 fully saturated rings. The summed E-state index contributed by atoms with van der Waals surface area (Å²) in [5, 5.41) is 6.12. The molecular weight excluding hydrogens is 329 g/mol. The van der Waals surface area contributed by atoms with E-state index >= 15 is 0 Å². The molecular formula is C14H11F3N4OS. The van der Waals surface area contributed by atoms with Crippen molar-refractivity contribution in [2.45, 2.75) is 20.0 Å². The van der Waals surface area contributed by atoms with Gasteiger partial charge >= 0.3 is 6.18 Å². The normalized spacial score (nSPS) is 11.9. The first-order valence-electron chi connectivity index (χ1n) is 6.57. The van der Waals surface area contributed by atoms with Gasteiger partial charge in [0.1, 0.15) is 4.88 Å². The Labute approximate surface area is 132 Å². The number of aryl methyl sites for hydroxylation is 2. The topological polar surface area (TPSA) is 59.3 Å². The van der Waals surface area contributed by atoms with Crippen molar-refractivity contribution in [3.8, 4) is 0 Å². The van der Waals surface area contributed by atoms with E-state index in [1.807, 2.05) is 19.1 Å². The van der Waals surface area contributed by atoms with Crippen molar-refractivity contribution in [1.29, 1.82) is 0 Å². The molecule has 0 aliphatic heterocycles. The number of nitrogens with one attached hydrogen (secondary N) is 1. The molecule has 0 saturated heterocycles. The number of amides is 1. The lowest BCUT2D eigenvalue weighted by molar-refractivity contribution is -0.144. The summed E-state index contributed by atoms with van der Waals surface area (Å²) in [6, 6.07) is 7.20. The van der Waals surface area contributed by atoms with Crippen molar-refractivity contribution in [2.24, 2.45) is 0 Å². The van der Waals surface area contributed by atoms with Crippen LogP contribution in [0.4, 0.5) is 18.9 Å². The van der Waals surface area contributed by atoms with Gasteiger partial charge in [-0.25, -0.2) is 4.52 Å². The van der Waals surface area contributed by atoms with Crippen LogP contribution in [0.3, 0.4) is 0 Å². The van der Waals surface area contributed by atoms with E-state index in [0.717, 1.165) is 21.4 Å². The van der Waals surface area contributed by atoms with E-state index < -0.39 is 17.9 Å². The van der Waals surface area contributed by atoms with Crippen molar-refractivity contribution in [1.82, 2.24) is 14.6 Å². The first-order valence-corrected chi connectivity index (χ1v) is 7.39. The Balaban J connectivity index is 1.90. The molecule has 0 bridgehead atoms.